The van der Waals surface area contributed by atoms with Crippen LogP contribution in [0.2, 0.25) is 0 Å². The Morgan fingerprint density at radius 1 is 1.09 bits per heavy atom. The highest BCUT2D eigenvalue weighted by Gasteiger charge is 1.96. The van der Waals surface area contributed by atoms with Gasteiger partial charge >= 0.3 is 0 Å². The first-order valence-corrected chi connectivity index (χ1v) is 1.95. The van der Waals surface area contributed by atoms with Gasteiger partial charge < -0.3 is 0 Å². The van der Waals surface area contributed by atoms with Crippen LogP contribution in [0.4, 0.5) is 0 Å². The van der Waals surface area contributed by atoms with Gasteiger partial charge in [-0.15, -0.1) is 0 Å². The van der Waals surface area contributed by atoms with Gasteiger partial charge in [0.1, 0.15) is 0 Å². The van der Waals surface area contributed by atoms with E-state index in [1.54, 1.807) is 0 Å². The molecule has 0 radical (unpaired) electrons. The lowest BCUT2D eigenvalue weighted by Gasteiger charge is -2.00. The highest BCUT2D eigenvalue weighted by atomic mass is 17.4. The molecule has 3 N–H and O–H groups in total. The molecule has 0 unspecified atom stereocenters. The summed E-state index contributed by atoms with van der Waals surface area (Å²) < 4.78 is 0. The molecule has 0 saturated heterocycles. The van der Waals surface area contributed by atoms with Crippen molar-refractivity contribution < 1.29 is 20.5 Å². The second-order valence-electron chi connectivity index (χ2n) is 0.859. The molecule has 0 saturated carbocycles. The Balaban J connectivity index is 3.69. The fourth-order valence-electron chi connectivity index (χ4n) is 0.136. The summed E-state index contributed by atoms with van der Waals surface area (Å²) in [5, 5.41) is 28.5. The first kappa shape index (κ1) is 9.44. The maximum Gasteiger partial charge on any atom is 0.0501 e. The largest absolute Gasteiger partial charge is 0.224 e. The van der Waals surface area contributed by atoms with Crippen molar-refractivity contribution >= 4 is 0 Å². The Morgan fingerprint density at radius 3 is 2.18 bits per heavy atom. The SMILES string of the molecule is N=N/N=N/N=N/N(OO)OO. The van der Waals surface area contributed by atoms with E-state index in [1.165, 1.54) is 0 Å². The molecule has 0 spiro atoms. The van der Waals surface area contributed by atoms with Crippen LogP contribution < -0.4 is 0 Å². The summed E-state index contributed by atoms with van der Waals surface area (Å²) in [6.45, 7) is 0. The van der Waals surface area contributed by atoms with E-state index in [0.717, 1.165) is 0 Å². The van der Waals surface area contributed by atoms with Crippen LogP contribution in [0.25, 0.3) is 0 Å². The molecule has 0 atom stereocenters. The first-order valence-electron chi connectivity index (χ1n) is 1.95. The average molecular weight is 165 g/mol. The molecule has 11 nitrogen and oxygen atoms in total. The number of hydrogen-bond acceptors (Lipinski definition) is 6. The van der Waals surface area contributed by atoms with E-state index in [-0.39, 0.29) is 5.34 Å². The van der Waals surface area contributed by atoms with E-state index in [1.807, 2.05) is 0 Å². The zero-order valence-corrected chi connectivity index (χ0v) is 4.89. The van der Waals surface area contributed by atoms with Gasteiger partial charge in [-0.05, 0) is 15.7 Å². The Kier molecular flexibility index (Phi) is 5.63. The lowest BCUT2D eigenvalue weighted by Crippen LogP contribution is -2.13. The standard InChI is InChI=1S/H3N7O4/c1-2-3-4-5-6-7(10-8)11-9/h1,8-9H/b2-1?,4-3+,6-5+. The summed E-state index contributed by atoms with van der Waals surface area (Å²) in [4.78, 5) is 6.40. The third-order valence-electron chi connectivity index (χ3n) is 0.377. The molecular formula is H3N7O4. The van der Waals surface area contributed by atoms with Gasteiger partial charge in [0.25, 0.3) is 0 Å². The monoisotopic (exact) mass is 165 g/mol. The van der Waals surface area contributed by atoms with Crippen LogP contribution in [0.5, 0.6) is 0 Å². The van der Waals surface area contributed by atoms with Crippen molar-refractivity contribution in [3.8, 4) is 0 Å². The molecular weight excluding hydrogens is 162 g/mol. The summed E-state index contributed by atoms with van der Waals surface area (Å²) in [7, 11) is 0. The van der Waals surface area contributed by atoms with E-state index in [2.05, 4.69) is 36.1 Å². The lowest BCUT2D eigenvalue weighted by atomic mass is 12.4. The van der Waals surface area contributed by atoms with Gasteiger partial charge in [-0.2, -0.15) is 5.53 Å². The van der Waals surface area contributed by atoms with Gasteiger partial charge in [-0.1, -0.05) is 9.98 Å². The van der Waals surface area contributed by atoms with Crippen molar-refractivity contribution in [1.29, 1.82) is 5.53 Å². The highest BCUT2D eigenvalue weighted by molar-refractivity contribution is 4.01. The van der Waals surface area contributed by atoms with Gasteiger partial charge in [0.2, 0.25) is 0 Å². The molecule has 62 valence electrons. The van der Waals surface area contributed by atoms with Crippen LogP contribution in [0.15, 0.2) is 26.1 Å². The Labute approximate surface area is 58.8 Å². The molecule has 0 aliphatic carbocycles. The maximum absolute atomic E-state index is 7.74. The van der Waals surface area contributed by atoms with E-state index in [9.17, 15) is 0 Å². The molecule has 0 aromatic carbocycles. The van der Waals surface area contributed by atoms with Crippen LogP contribution in [0.3, 0.4) is 0 Å². The summed E-state index contributed by atoms with van der Waals surface area (Å²) >= 11 is 0. The molecule has 0 aliphatic rings. The topological polar surface area (TPSA) is 148 Å². The zero-order chi connectivity index (χ0) is 8.53. The maximum atomic E-state index is 7.74. The van der Waals surface area contributed by atoms with Crippen LogP contribution in [0, 0.1) is 5.53 Å². The molecule has 0 bridgehead atoms. The summed E-state index contributed by atoms with van der Waals surface area (Å²) in [5.41, 5.74) is 6.07. The molecule has 0 aromatic heterocycles. The third-order valence-corrected chi connectivity index (χ3v) is 0.377. The van der Waals surface area contributed by atoms with Gasteiger partial charge in [0.05, 0.1) is 5.34 Å². The molecule has 0 rings (SSSR count). The van der Waals surface area contributed by atoms with E-state index < -0.39 is 0 Å². The normalized spacial score (nSPS) is 11.1. The Hall–Kier alpha value is -1.56. The molecule has 0 aromatic rings. The molecule has 0 aliphatic heterocycles. The minimum atomic E-state index is -0.192. The molecule has 0 fully saturated rings. The summed E-state index contributed by atoms with van der Waals surface area (Å²) in [5.74, 6) is 0. The number of nitrogens with one attached hydrogen (secondary N) is 1. The van der Waals surface area contributed by atoms with Crippen molar-refractivity contribution in [2.75, 3.05) is 0 Å². The molecule has 11 heavy (non-hydrogen) atoms. The van der Waals surface area contributed by atoms with Gasteiger partial charge in [-0.25, -0.2) is 10.5 Å². The van der Waals surface area contributed by atoms with Crippen molar-refractivity contribution in [1.82, 2.24) is 5.34 Å². The summed E-state index contributed by atoms with van der Waals surface area (Å²) in [6.07, 6.45) is 0. The Bertz CT molecular complexity index is 147. The van der Waals surface area contributed by atoms with Crippen molar-refractivity contribution in [2.24, 2.45) is 26.1 Å². The van der Waals surface area contributed by atoms with Crippen LogP contribution in [-0.2, 0) is 9.98 Å². The zero-order valence-electron chi connectivity index (χ0n) is 4.89. The summed E-state index contributed by atoms with van der Waals surface area (Å²) in [6, 6.07) is 0. The molecule has 0 amide bonds. The third kappa shape index (κ3) is 4.91. The van der Waals surface area contributed by atoms with Crippen molar-refractivity contribution in [3.05, 3.63) is 0 Å². The predicted octanol–water partition coefficient (Wildman–Crippen LogP) is 0.778. The quantitative estimate of drug-likeness (QED) is 0.312. The van der Waals surface area contributed by atoms with Crippen LogP contribution >= 0.6 is 0 Å². The number of rotatable bonds is 5. The second kappa shape index (κ2) is 6.56. The van der Waals surface area contributed by atoms with Crippen LogP contribution in [0.1, 0.15) is 0 Å². The molecule has 0 heterocycles. The van der Waals surface area contributed by atoms with Gasteiger partial charge in [0, 0.05) is 10.4 Å². The van der Waals surface area contributed by atoms with Gasteiger partial charge in [-0.3, -0.25) is 0 Å². The van der Waals surface area contributed by atoms with Crippen LogP contribution in [-0.4, -0.2) is 15.8 Å². The van der Waals surface area contributed by atoms with Crippen molar-refractivity contribution in [3.63, 3.8) is 0 Å². The Morgan fingerprint density at radius 2 is 1.73 bits per heavy atom. The average Bonchev–Trinajstić information content (AvgIpc) is 2.05. The minimum absolute atomic E-state index is 0.192. The predicted molar refractivity (Wildman–Crippen MR) is 24.1 cm³/mol. The van der Waals surface area contributed by atoms with E-state index in [0.29, 0.717) is 0 Å². The van der Waals surface area contributed by atoms with E-state index >= 15 is 0 Å². The minimum Gasteiger partial charge on any atom is -0.224 e. The van der Waals surface area contributed by atoms with Gasteiger partial charge in [0.15, 0.2) is 0 Å². The highest BCUT2D eigenvalue weighted by Crippen LogP contribution is 1.90. The van der Waals surface area contributed by atoms with Crippen molar-refractivity contribution in [2.45, 2.75) is 0 Å². The first-order chi connectivity index (χ1) is 5.35. The van der Waals surface area contributed by atoms with E-state index in [4.69, 9.17) is 16.0 Å². The smallest absolute Gasteiger partial charge is 0.0501 e. The fraction of sp³-hybridized carbons (Fsp3) is 0. The number of nitrogens with zero attached hydrogens (tertiary/aromatic N) is 6. The fourth-order valence-corrected chi connectivity index (χ4v) is 0.136. The second-order valence-corrected chi connectivity index (χ2v) is 0.859. The lowest BCUT2D eigenvalue weighted by molar-refractivity contribution is -0.587. The number of hydrogen-bond donors (Lipinski definition) is 3. The molecule has 11 heteroatoms.